The number of nitrogens with one attached hydrogen (secondary N) is 1. The Kier molecular flexibility index (Phi) is 1.77. The van der Waals surface area contributed by atoms with Gasteiger partial charge in [-0.05, 0) is 6.07 Å². The highest BCUT2D eigenvalue weighted by atomic mass is 28.3. The van der Waals surface area contributed by atoms with Crippen molar-refractivity contribution in [3.63, 3.8) is 0 Å². The number of H-pyrrole nitrogens is 1. The molecule has 3 heteroatoms. The zero-order valence-corrected chi connectivity index (χ0v) is 9.18. The van der Waals surface area contributed by atoms with E-state index in [0.717, 1.165) is 16.5 Å². The molecule has 0 aliphatic carbocycles. The third kappa shape index (κ3) is 1.51. The second-order valence-corrected chi connectivity index (χ2v) is 9.24. The normalized spacial score (nSPS) is 12.2. The molecule has 67 valence electrons. The molecule has 0 saturated heterocycles. The molecule has 1 aromatic heterocycles. The Morgan fingerprint density at radius 1 is 1.38 bits per heavy atom. The third-order valence-corrected chi connectivity index (χ3v) is 3.68. The first-order chi connectivity index (χ1) is 6.07. The number of nitrogens with zero attached hydrogens (tertiary/aromatic N) is 1. The summed E-state index contributed by atoms with van der Waals surface area (Å²) in [6.07, 6.45) is 0. The van der Waals surface area contributed by atoms with E-state index < -0.39 is 8.07 Å². The largest absolute Gasteiger partial charge is 0.346 e. The van der Waals surface area contributed by atoms with Crippen molar-refractivity contribution in [2.75, 3.05) is 0 Å². The predicted molar refractivity (Wildman–Crippen MR) is 57.9 cm³/mol. The Morgan fingerprint density at radius 3 is 2.77 bits per heavy atom. The van der Waals surface area contributed by atoms with Crippen LogP contribution in [0.2, 0.25) is 19.6 Å². The topological polar surface area (TPSA) is 28.7 Å². The molecule has 0 fully saturated rings. The molecular formula is C10H13N2Si. The smallest absolute Gasteiger partial charge is 0.123 e. The summed E-state index contributed by atoms with van der Waals surface area (Å²) in [5, 5.41) is 0. The van der Waals surface area contributed by atoms with Crippen LogP contribution in [0.4, 0.5) is 0 Å². The minimum absolute atomic E-state index is 0.958. The van der Waals surface area contributed by atoms with Gasteiger partial charge in [-0.25, -0.2) is 4.98 Å². The van der Waals surface area contributed by atoms with Crippen molar-refractivity contribution in [2.45, 2.75) is 19.6 Å². The van der Waals surface area contributed by atoms with Gasteiger partial charge in [-0.15, -0.1) is 0 Å². The highest BCUT2D eigenvalue weighted by molar-refractivity contribution is 6.87. The molecule has 0 bridgehead atoms. The molecule has 0 aliphatic heterocycles. The zero-order chi connectivity index (χ0) is 9.47. The fraction of sp³-hybridized carbons (Fsp3) is 0.300. The Labute approximate surface area is 79.0 Å². The van der Waals surface area contributed by atoms with Gasteiger partial charge in [0.2, 0.25) is 0 Å². The van der Waals surface area contributed by atoms with Crippen LogP contribution in [-0.4, -0.2) is 18.0 Å². The highest BCUT2D eigenvalue weighted by Gasteiger charge is 2.20. The van der Waals surface area contributed by atoms with Crippen molar-refractivity contribution < 1.29 is 0 Å². The molecule has 1 heterocycles. The van der Waals surface area contributed by atoms with E-state index in [1.165, 1.54) is 0 Å². The monoisotopic (exact) mass is 189 g/mol. The number of imidazole rings is 1. The predicted octanol–water partition coefficient (Wildman–Crippen LogP) is 1.91. The number of hydrogen-bond acceptors (Lipinski definition) is 1. The van der Waals surface area contributed by atoms with E-state index in [1.54, 1.807) is 0 Å². The maximum Gasteiger partial charge on any atom is 0.123 e. The lowest BCUT2D eigenvalue weighted by Gasteiger charge is -2.10. The summed E-state index contributed by atoms with van der Waals surface area (Å²) in [6.45, 7) is 6.85. The molecule has 0 atom stereocenters. The summed E-state index contributed by atoms with van der Waals surface area (Å²) in [7, 11) is -1.30. The minimum Gasteiger partial charge on any atom is -0.346 e. The minimum atomic E-state index is -1.30. The molecule has 2 rings (SSSR count). The molecule has 0 unspecified atom stereocenters. The Bertz CT molecular complexity index is 393. The SMILES string of the molecule is C[Si](C)(C)c1nc2[c]cccc2[nH]1. The van der Waals surface area contributed by atoms with Gasteiger partial charge in [0.25, 0.3) is 0 Å². The van der Waals surface area contributed by atoms with Gasteiger partial charge in [0.15, 0.2) is 0 Å². The summed E-state index contributed by atoms with van der Waals surface area (Å²) >= 11 is 0. The lowest BCUT2D eigenvalue weighted by atomic mass is 10.3. The average molecular weight is 189 g/mol. The van der Waals surface area contributed by atoms with E-state index in [2.05, 4.69) is 35.7 Å². The van der Waals surface area contributed by atoms with Gasteiger partial charge < -0.3 is 4.98 Å². The van der Waals surface area contributed by atoms with Gasteiger partial charge in [0.1, 0.15) is 8.07 Å². The number of fused-ring (bicyclic) bond motifs is 1. The molecular weight excluding hydrogens is 176 g/mol. The summed E-state index contributed by atoms with van der Waals surface area (Å²) in [6, 6.07) is 9.05. The van der Waals surface area contributed by atoms with Crippen molar-refractivity contribution in [3.05, 3.63) is 24.3 Å². The van der Waals surface area contributed by atoms with Crippen molar-refractivity contribution in [3.8, 4) is 0 Å². The number of para-hydroxylation sites is 1. The number of benzene rings is 1. The van der Waals surface area contributed by atoms with E-state index in [9.17, 15) is 0 Å². The van der Waals surface area contributed by atoms with E-state index in [1.807, 2.05) is 18.2 Å². The van der Waals surface area contributed by atoms with Crippen LogP contribution in [-0.2, 0) is 0 Å². The summed E-state index contributed by atoms with van der Waals surface area (Å²) in [5.74, 6) is 0. The van der Waals surface area contributed by atoms with Crippen LogP contribution in [0.1, 0.15) is 0 Å². The molecule has 1 N–H and O–H groups in total. The van der Waals surface area contributed by atoms with Gasteiger partial charge in [-0.1, -0.05) is 31.8 Å². The molecule has 0 amide bonds. The van der Waals surface area contributed by atoms with Crippen LogP contribution < -0.4 is 5.45 Å². The number of rotatable bonds is 1. The number of aromatic nitrogens is 2. The van der Waals surface area contributed by atoms with Gasteiger partial charge in [0, 0.05) is 6.07 Å². The summed E-state index contributed by atoms with van der Waals surface area (Å²) < 4.78 is 0. The third-order valence-electron chi connectivity index (χ3n) is 2.02. The zero-order valence-electron chi connectivity index (χ0n) is 8.18. The second kappa shape index (κ2) is 2.70. The van der Waals surface area contributed by atoms with Crippen LogP contribution in [0, 0.1) is 6.07 Å². The van der Waals surface area contributed by atoms with Crippen molar-refractivity contribution in [1.29, 1.82) is 0 Å². The summed E-state index contributed by atoms with van der Waals surface area (Å²) in [5.41, 5.74) is 3.21. The molecule has 1 radical (unpaired) electrons. The molecule has 13 heavy (non-hydrogen) atoms. The highest BCUT2D eigenvalue weighted by Crippen LogP contribution is 2.08. The molecule has 2 nitrogen and oxygen atoms in total. The van der Waals surface area contributed by atoms with E-state index in [4.69, 9.17) is 0 Å². The number of hydrogen-bond donors (Lipinski definition) is 1. The fourth-order valence-electron chi connectivity index (χ4n) is 1.24. The quantitative estimate of drug-likeness (QED) is 0.682. The lowest BCUT2D eigenvalue weighted by Crippen LogP contribution is -2.40. The molecule has 0 aliphatic rings. The number of aromatic amines is 1. The van der Waals surface area contributed by atoms with E-state index in [0.29, 0.717) is 0 Å². The van der Waals surface area contributed by atoms with Gasteiger partial charge in [-0.3, -0.25) is 0 Å². The summed E-state index contributed by atoms with van der Waals surface area (Å²) in [4.78, 5) is 7.89. The van der Waals surface area contributed by atoms with Crippen LogP contribution in [0.25, 0.3) is 11.0 Å². The maximum absolute atomic E-state index is 4.53. The van der Waals surface area contributed by atoms with Crippen LogP contribution in [0.3, 0.4) is 0 Å². The van der Waals surface area contributed by atoms with Crippen molar-refractivity contribution in [1.82, 2.24) is 9.97 Å². The fourth-order valence-corrected chi connectivity index (χ4v) is 2.20. The maximum atomic E-state index is 4.53. The van der Waals surface area contributed by atoms with E-state index in [-0.39, 0.29) is 0 Å². The Hall–Kier alpha value is -1.09. The van der Waals surface area contributed by atoms with Crippen LogP contribution in [0.5, 0.6) is 0 Å². The molecule has 2 aromatic rings. The first kappa shape index (κ1) is 8.50. The first-order valence-corrected chi connectivity index (χ1v) is 7.94. The lowest BCUT2D eigenvalue weighted by molar-refractivity contribution is 1.39. The Morgan fingerprint density at radius 2 is 2.15 bits per heavy atom. The van der Waals surface area contributed by atoms with Crippen molar-refractivity contribution in [2.24, 2.45) is 0 Å². The standard InChI is InChI=1S/C10H13N2Si/c1-13(2,3)10-11-8-6-4-5-7-9(8)12-10/h4-6H,1-3H3,(H,11,12). The molecule has 0 spiro atoms. The van der Waals surface area contributed by atoms with Crippen LogP contribution in [0.15, 0.2) is 18.2 Å². The van der Waals surface area contributed by atoms with Crippen molar-refractivity contribution >= 4 is 24.6 Å². The van der Waals surface area contributed by atoms with E-state index >= 15 is 0 Å². The van der Waals surface area contributed by atoms with Gasteiger partial charge in [0.05, 0.1) is 16.5 Å². The molecule has 0 saturated carbocycles. The second-order valence-electron chi connectivity index (χ2n) is 4.27. The first-order valence-electron chi connectivity index (χ1n) is 4.44. The van der Waals surface area contributed by atoms with Crippen LogP contribution >= 0.6 is 0 Å². The molecule has 1 aromatic carbocycles. The Balaban J connectivity index is 2.63. The van der Waals surface area contributed by atoms with Gasteiger partial charge in [-0.2, -0.15) is 0 Å². The van der Waals surface area contributed by atoms with Gasteiger partial charge >= 0.3 is 0 Å². The average Bonchev–Trinajstić information content (AvgIpc) is 2.45.